The van der Waals surface area contributed by atoms with E-state index in [1.54, 1.807) is 29.7 Å². The number of thioether (sulfide) groups is 1. The molecule has 2 aromatic carbocycles. The molecule has 0 unspecified atom stereocenters. The minimum atomic E-state index is -0.194. The molecule has 0 aliphatic rings. The van der Waals surface area contributed by atoms with E-state index in [2.05, 4.69) is 21.5 Å². The van der Waals surface area contributed by atoms with Crippen LogP contribution in [-0.4, -0.2) is 21.0 Å². The van der Waals surface area contributed by atoms with Gasteiger partial charge >= 0.3 is 0 Å². The minimum absolute atomic E-state index is 0.194. The number of aryl methyl sites for hydroxylation is 1. The number of pyridine rings is 1. The number of para-hydroxylation sites is 1. The second kappa shape index (κ2) is 9.56. The van der Waals surface area contributed by atoms with Crippen LogP contribution < -0.4 is 5.32 Å². The maximum absolute atomic E-state index is 12.9. The summed E-state index contributed by atoms with van der Waals surface area (Å²) in [7, 11) is 0. The molecule has 0 fully saturated rings. The van der Waals surface area contributed by atoms with Crippen LogP contribution in [0.25, 0.3) is 10.2 Å². The van der Waals surface area contributed by atoms with Crippen molar-refractivity contribution in [2.75, 3.05) is 5.32 Å². The summed E-state index contributed by atoms with van der Waals surface area (Å²) in [6.45, 7) is 1.85. The van der Waals surface area contributed by atoms with Crippen molar-refractivity contribution in [2.24, 2.45) is 0 Å². The molecule has 0 aliphatic heterocycles. The number of thiazole rings is 1. The van der Waals surface area contributed by atoms with Crippen molar-refractivity contribution >= 4 is 44.9 Å². The lowest BCUT2D eigenvalue weighted by molar-refractivity contribution is 0.102. The van der Waals surface area contributed by atoms with Crippen molar-refractivity contribution in [3.05, 3.63) is 101 Å². The summed E-state index contributed by atoms with van der Waals surface area (Å²) in [5.41, 5.74) is 4.26. The van der Waals surface area contributed by atoms with Crippen LogP contribution in [0.15, 0.2) is 82.5 Å². The summed E-state index contributed by atoms with van der Waals surface area (Å²) in [5, 5.41) is 8.70. The number of amides is 1. The van der Waals surface area contributed by atoms with Gasteiger partial charge in [-0.05, 0) is 48.9 Å². The third-order valence-electron chi connectivity index (χ3n) is 4.95. The SMILES string of the molecule is Cc1cc(CSc2ncccc2C(=O)Nc2ccc(Cc3nc4ccccc4s3)cc2)no1. The summed E-state index contributed by atoms with van der Waals surface area (Å²) in [5.74, 6) is 1.15. The van der Waals surface area contributed by atoms with E-state index < -0.39 is 0 Å². The fourth-order valence-corrected chi connectivity index (χ4v) is 5.26. The predicted molar refractivity (Wildman–Crippen MR) is 132 cm³/mol. The number of nitrogens with zero attached hydrogens (tertiary/aromatic N) is 3. The zero-order valence-electron chi connectivity index (χ0n) is 17.8. The molecule has 0 saturated carbocycles. The molecule has 164 valence electrons. The molecule has 5 rings (SSSR count). The first-order valence-corrected chi connectivity index (χ1v) is 12.2. The normalized spacial score (nSPS) is 11.1. The Morgan fingerprint density at radius 3 is 2.73 bits per heavy atom. The first kappa shape index (κ1) is 21.4. The highest BCUT2D eigenvalue weighted by molar-refractivity contribution is 7.98. The summed E-state index contributed by atoms with van der Waals surface area (Å²) in [4.78, 5) is 22.0. The number of carbonyl (C=O) groups is 1. The number of hydrogen-bond acceptors (Lipinski definition) is 7. The predicted octanol–water partition coefficient (Wildman–Crippen LogP) is 6.12. The molecule has 33 heavy (non-hydrogen) atoms. The van der Waals surface area contributed by atoms with Crippen molar-refractivity contribution in [3.63, 3.8) is 0 Å². The highest BCUT2D eigenvalue weighted by Gasteiger charge is 2.14. The largest absolute Gasteiger partial charge is 0.361 e. The fraction of sp³-hybridized carbons (Fsp3) is 0.120. The molecule has 5 aromatic rings. The van der Waals surface area contributed by atoms with Crippen LogP contribution in [0.2, 0.25) is 0 Å². The Labute approximate surface area is 199 Å². The molecular formula is C25H20N4O2S2. The Morgan fingerprint density at radius 2 is 1.94 bits per heavy atom. The molecule has 0 saturated heterocycles. The fourth-order valence-electron chi connectivity index (χ4n) is 3.38. The number of aromatic nitrogens is 3. The highest BCUT2D eigenvalue weighted by atomic mass is 32.2. The lowest BCUT2D eigenvalue weighted by Gasteiger charge is -2.09. The third kappa shape index (κ3) is 5.13. The molecule has 0 bridgehead atoms. The monoisotopic (exact) mass is 472 g/mol. The van der Waals surface area contributed by atoms with Crippen LogP contribution >= 0.6 is 23.1 Å². The highest BCUT2D eigenvalue weighted by Crippen LogP contribution is 2.26. The number of rotatable bonds is 7. The van der Waals surface area contributed by atoms with Gasteiger partial charge in [-0.1, -0.05) is 41.2 Å². The van der Waals surface area contributed by atoms with Gasteiger partial charge in [0, 0.05) is 30.1 Å². The van der Waals surface area contributed by atoms with E-state index in [1.165, 1.54) is 16.5 Å². The lowest BCUT2D eigenvalue weighted by atomic mass is 10.1. The molecule has 0 spiro atoms. The Kier molecular flexibility index (Phi) is 6.19. The number of nitrogens with one attached hydrogen (secondary N) is 1. The number of anilines is 1. The molecule has 1 N–H and O–H groups in total. The van der Waals surface area contributed by atoms with Crippen LogP contribution in [0, 0.1) is 6.92 Å². The molecule has 3 aromatic heterocycles. The quantitative estimate of drug-likeness (QED) is 0.287. The maximum Gasteiger partial charge on any atom is 0.258 e. The van der Waals surface area contributed by atoms with Gasteiger partial charge in [0.25, 0.3) is 5.91 Å². The van der Waals surface area contributed by atoms with Crippen LogP contribution in [0.1, 0.15) is 32.4 Å². The van der Waals surface area contributed by atoms with Gasteiger partial charge in [0.05, 0.1) is 26.5 Å². The summed E-state index contributed by atoms with van der Waals surface area (Å²) in [6.07, 6.45) is 2.45. The molecule has 0 aliphatic carbocycles. The first-order valence-electron chi connectivity index (χ1n) is 10.4. The van der Waals surface area contributed by atoms with Crippen LogP contribution in [0.4, 0.5) is 5.69 Å². The second-order valence-electron chi connectivity index (χ2n) is 7.48. The summed E-state index contributed by atoms with van der Waals surface area (Å²) < 4.78 is 6.30. The topological polar surface area (TPSA) is 80.9 Å². The Morgan fingerprint density at radius 1 is 1.09 bits per heavy atom. The van der Waals surface area contributed by atoms with Gasteiger partial charge in [-0.2, -0.15) is 0 Å². The van der Waals surface area contributed by atoms with Gasteiger partial charge in [0.1, 0.15) is 10.8 Å². The molecule has 8 heteroatoms. The van der Waals surface area contributed by atoms with Crippen LogP contribution in [-0.2, 0) is 12.2 Å². The lowest BCUT2D eigenvalue weighted by Crippen LogP contribution is -2.13. The van der Waals surface area contributed by atoms with E-state index in [0.29, 0.717) is 16.3 Å². The van der Waals surface area contributed by atoms with E-state index in [4.69, 9.17) is 9.51 Å². The smallest absolute Gasteiger partial charge is 0.258 e. The Balaban J connectivity index is 1.24. The van der Waals surface area contributed by atoms with Crippen molar-refractivity contribution in [2.45, 2.75) is 24.1 Å². The zero-order valence-corrected chi connectivity index (χ0v) is 19.5. The Bertz CT molecular complexity index is 1380. The Hall–Kier alpha value is -3.49. The van der Waals surface area contributed by atoms with Crippen LogP contribution in [0.5, 0.6) is 0 Å². The number of carbonyl (C=O) groups excluding carboxylic acids is 1. The van der Waals surface area contributed by atoms with Crippen molar-refractivity contribution in [3.8, 4) is 0 Å². The standard InChI is InChI=1S/C25H20N4O2S2/c1-16-13-19(29-31-16)15-32-25-20(5-4-12-26-25)24(30)27-18-10-8-17(9-11-18)14-23-28-21-6-2-3-7-22(21)33-23/h2-13H,14-15H2,1H3,(H,27,30). The van der Waals surface area contributed by atoms with E-state index >= 15 is 0 Å². The number of hydrogen-bond donors (Lipinski definition) is 1. The number of benzene rings is 2. The van der Waals surface area contributed by atoms with Crippen molar-refractivity contribution in [1.29, 1.82) is 0 Å². The van der Waals surface area contributed by atoms with E-state index in [0.717, 1.165) is 39.7 Å². The van der Waals surface area contributed by atoms with Gasteiger partial charge < -0.3 is 9.84 Å². The molecule has 6 nitrogen and oxygen atoms in total. The van der Waals surface area contributed by atoms with Gasteiger partial charge in [0.15, 0.2) is 0 Å². The molecule has 1 amide bonds. The van der Waals surface area contributed by atoms with Crippen molar-refractivity contribution in [1.82, 2.24) is 15.1 Å². The maximum atomic E-state index is 12.9. The zero-order chi connectivity index (χ0) is 22.6. The molecule has 0 radical (unpaired) electrons. The first-order chi connectivity index (χ1) is 16.1. The molecule has 3 heterocycles. The van der Waals surface area contributed by atoms with Gasteiger partial charge in [-0.3, -0.25) is 4.79 Å². The van der Waals surface area contributed by atoms with Gasteiger partial charge in [-0.25, -0.2) is 9.97 Å². The summed E-state index contributed by atoms with van der Waals surface area (Å²) in [6, 6.07) is 21.5. The average molecular weight is 473 g/mol. The molecular weight excluding hydrogens is 452 g/mol. The van der Waals surface area contributed by atoms with Crippen molar-refractivity contribution < 1.29 is 9.32 Å². The second-order valence-corrected chi connectivity index (χ2v) is 9.56. The number of fused-ring (bicyclic) bond motifs is 1. The van der Waals surface area contributed by atoms with E-state index in [-0.39, 0.29) is 5.91 Å². The van der Waals surface area contributed by atoms with Gasteiger partial charge in [0.2, 0.25) is 0 Å². The van der Waals surface area contributed by atoms with Gasteiger partial charge in [-0.15, -0.1) is 11.3 Å². The minimum Gasteiger partial charge on any atom is -0.361 e. The average Bonchev–Trinajstić information content (AvgIpc) is 3.44. The molecule has 0 atom stereocenters. The summed E-state index contributed by atoms with van der Waals surface area (Å²) >= 11 is 3.17. The van der Waals surface area contributed by atoms with E-state index in [1.807, 2.05) is 55.5 Å². The van der Waals surface area contributed by atoms with Crippen LogP contribution in [0.3, 0.4) is 0 Å². The van der Waals surface area contributed by atoms with E-state index in [9.17, 15) is 4.79 Å². The third-order valence-corrected chi connectivity index (χ3v) is 7.03.